The van der Waals surface area contributed by atoms with Crippen LogP contribution in [0.15, 0.2) is 54.9 Å². The zero-order valence-electron chi connectivity index (χ0n) is 13.7. The minimum Gasteiger partial charge on any atom is -0.497 e. The summed E-state index contributed by atoms with van der Waals surface area (Å²) in [6.45, 7) is 0. The van der Waals surface area contributed by atoms with Gasteiger partial charge in [-0.3, -0.25) is 4.40 Å². The van der Waals surface area contributed by atoms with E-state index in [4.69, 9.17) is 40.2 Å². The Bertz CT molecular complexity index is 1150. The number of H-pyrrole nitrogens is 1. The molecule has 2 aromatic heterocycles. The largest absolute Gasteiger partial charge is 0.497 e. The van der Waals surface area contributed by atoms with Crippen LogP contribution >= 0.6 is 35.4 Å². The minimum absolute atomic E-state index is 0.466. The van der Waals surface area contributed by atoms with E-state index < -0.39 is 0 Å². The van der Waals surface area contributed by atoms with Gasteiger partial charge in [0.1, 0.15) is 11.4 Å². The molecule has 0 atom stereocenters. The smallest absolute Gasteiger partial charge is 0.205 e. The van der Waals surface area contributed by atoms with E-state index in [9.17, 15) is 0 Å². The van der Waals surface area contributed by atoms with Crippen LogP contribution in [0.2, 0.25) is 10.0 Å². The number of fused-ring (bicyclic) bond motifs is 1. The summed E-state index contributed by atoms with van der Waals surface area (Å²) in [6, 6.07) is 13.2. The number of aromatic nitrogens is 3. The summed E-state index contributed by atoms with van der Waals surface area (Å²) in [5.74, 6) is 0.797. The molecule has 4 rings (SSSR count). The molecule has 0 spiro atoms. The van der Waals surface area contributed by atoms with Crippen molar-refractivity contribution < 1.29 is 4.74 Å². The SMILES string of the molecule is COc1ccc(-c2cnc(=S)n3cc(-c4cc(Cl)cc(Cl)c4)[nH]c23)cc1. The van der Waals surface area contributed by atoms with Gasteiger partial charge in [-0.25, -0.2) is 4.98 Å². The second kappa shape index (κ2) is 6.76. The molecule has 2 heterocycles. The maximum absolute atomic E-state index is 6.14. The number of imidazole rings is 1. The average Bonchev–Trinajstić information content (AvgIpc) is 3.08. The zero-order chi connectivity index (χ0) is 18.3. The molecule has 0 aliphatic carbocycles. The van der Waals surface area contributed by atoms with E-state index >= 15 is 0 Å². The maximum Gasteiger partial charge on any atom is 0.205 e. The van der Waals surface area contributed by atoms with E-state index in [-0.39, 0.29) is 0 Å². The number of hydrogen-bond donors (Lipinski definition) is 1. The Morgan fingerprint density at radius 2 is 1.73 bits per heavy atom. The second-order valence-electron chi connectivity index (χ2n) is 5.73. The van der Waals surface area contributed by atoms with Crippen LogP contribution in [-0.4, -0.2) is 21.5 Å². The van der Waals surface area contributed by atoms with Crippen LogP contribution in [0.1, 0.15) is 0 Å². The van der Waals surface area contributed by atoms with Gasteiger partial charge < -0.3 is 9.72 Å². The van der Waals surface area contributed by atoms with Crippen LogP contribution < -0.4 is 4.74 Å². The Labute approximate surface area is 165 Å². The summed E-state index contributed by atoms with van der Waals surface area (Å²) in [5, 5.41) is 1.14. The van der Waals surface area contributed by atoms with Crippen molar-refractivity contribution in [1.82, 2.24) is 14.4 Å². The monoisotopic (exact) mass is 401 g/mol. The summed E-state index contributed by atoms with van der Waals surface area (Å²) in [4.78, 5) is 7.75. The molecule has 130 valence electrons. The average molecular weight is 402 g/mol. The third-order valence-electron chi connectivity index (χ3n) is 4.09. The number of methoxy groups -OCH3 is 1. The summed E-state index contributed by atoms with van der Waals surface area (Å²) in [7, 11) is 1.64. The first-order valence-corrected chi connectivity index (χ1v) is 8.93. The van der Waals surface area contributed by atoms with Crippen molar-refractivity contribution in [2.75, 3.05) is 7.11 Å². The number of halogens is 2. The van der Waals surface area contributed by atoms with Gasteiger partial charge in [0.05, 0.1) is 12.8 Å². The summed E-state index contributed by atoms with van der Waals surface area (Å²) < 4.78 is 7.54. The van der Waals surface area contributed by atoms with Crippen molar-refractivity contribution in [3.63, 3.8) is 0 Å². The normalized spacial score (nSPS) is 11.0. The number of nitrogens with zero attached hydrogens (tertiary/aromatic N) is 2. The number of nitrogens with one attached hydrogen (secondary N) is 1. The Balaban J connectivity index is 1.91. The molecule has 0 bridgehead atoms. The van der Waals surface area contributed by atoms with Crippen LogP contribution in [0.4, 0.5) is 0 Å². The molecule has 7 heteroatoms. The maximum atomic E-state index is 6.14. The van der Waals surface area contributed by atoms with Gasteiger partial charge in [0, 0.05) is 33.6 Å². The van der Waals surface area contributed by atoms with Crippen molar-refractivity contribution in [2.45, 2.75) is 0 Å². The van der Waals surface area contributed by atoms with Crippen LogP contribution in [0, 0.1) is 4.77 Å². The van der Waals surface area contributed by atoms with Crippen molar-refractivity contribution >= 4 is 41.1 Å². The van der Waals surface area contributed by atoms with Gasteiger partial charge in [0.25, 0.3) is 0 Å². The highest BCUT2D eigenvalue weighted by Gasteiger charge is 2.11. The van der Waals surface area contributed by atoms with Gasteiger partial charge in [-0.15, -0.1) is 0 Å². The molecule has 0 fully saturated rings. The van der Waals surface area contributed by atoms with Crippen molar-refractivity contribution in [2.24, 2.45) is 0 Å². The van der Waals surface area contributed by atoms with Crippen molar-refractivity contribution in [3.05, 3.63) is 69.7 Å². The number of rotatable bonds is 3. The quantitative estimate of drug-likeness (QED) is 0.425. The van der Waals surface area contributed by atoms with Crippen LogP contribution in [0.3, 0.4) is 0 Å². The molecular formula is C19H13Cl2N3OS. The van der Waals surface area contributed by atoms with Gasteiger partial charge in [0.15, 0.2) is 0 Å². The van der Waals surface area contributed by atoms with Gasteiger partial charge in [0.2, 0.25) is 4.77 Å². The van der Waals surface area contributed by atoms with Gasteiger partial charge >= 0.3 is 0 Å². The van der Waals surface area contributed by atoms with E-state index in [2.05, 4.69) is 9.97 Å². The lowest BCUT2D eigenvalue weighted by molar-refractivity contribution is 0.415. The lowest BCUT2D eigenvalue weighted by Crippen LogP contribution is -1.92. The summed E-state index contributed by atoms with van der Waals surface area (Å²) in [5.41, 5.74) is 4.51. The van der Waals surface area contributed by atoms with Gasteiger partial charge in [-0.1, -0.05) is 35.3 Å². The highest BCUT2D eigenvalue weighted by molar-refractivity contribution is 7.71. The standard InChI is InChI=1S/C19H13Cl2N3OS/c1-25-15-4-2-11(3-5-15)16-9-22-19(26)24-10-17(23-18(16)24)12-6-13(20)8-14(21)7-12/h2-10,23H,1H3. The molecule has 2 aromatic carbocycles. The summed E-state index contributed by atoms with van der Waals surface area (Å²) >= 11 is 17.6. The fraction of sp³-hybridized carbons (Fsp3) is 0.0526. The number of benzene rings is 2. The third kappa shape index (κ3) is 3.09. The fourth-order valence-corrected chi connectivity index (χ4v) is 3.57. The molecule has 1 N–H and O–H groups in total. The minimum atomic E-state index is 0.466. The lowest BCUT2D eigenvalue weighted by atomic mass is 10.1. The second-order valence-corrected chi connectivity index (χ2v) is 6.97. The first-order valence-electron chi connectivity index (χ1n) is 7.76. The van der Waals surface area contributed by atoms with E-state index in [1.165, 1.54) is 0 Å². The molecule has 0 aliphatic heterocycles. The number of hydrogen-bond acceptors (Lipinski definition) is 3. The lowest BCUT2D eigenvalue weighted by Gasteiger charge is -2.05. The Kier molecular flexibility index (Phi) is 4.44. The van der Waals surface area contributed by atoms with Crippen molar-refractivity contribution in [3.8, 4) is 28.1 Å². The first kappa shape index (κ1) is 17.1. The van der Waals surface area contributed by atoms with Crippen LogP contribution in [-0.2, 0) is 0 Å². The van der Waals surface area contributed by atoms with Crippen molar-refractivity contribution in [1.29, 1.82) is 0 Å². The highest BCUT2D eigenvalue weighted by atomic mass is 35.5. The summed E-state index contributed by atoms with van der Waals surface area (Å²) in [6.07, 6.45) is 3.67. The number of ether oxygens (including phenoxy) is 1. The molecule has 0 radical (unpaired) electrons. The zero-order valence-corrected chi connectivity index (χ0v) is 16.0. The van der Waals surface area contributed by atoms with E-state index in [1.54, 1.807) is 19.4 Å². The topological polar surface area (TPSA) is 42.3 Å². The Morgan fingerprint density at radius 1 is 1.04 bits per heavy atom. The third-order valence-corrected chi connectivity index (χ3v) is 4.83. The Hall–Kier alpha value is -2.34. The van der Waals surface area contributed by atoms with E-state index in [1.807, 2.05) is 47.0 Å². The van der Waals surface area contributed by atoms with Crippen LogP contribution in [0.25, 0.3) is 28.0 Å². The predicted octanol–water partition coefficient (Wildman–Crippen LogP) is 6.04. The van der Waals surface area contributed by atoms with Gasteiger partial charge in [-0.2, -0.15) is 0 Å². The van der Waals surface area contributed by atoms with E-state index in [0.29, 0.717) is 14.8 Å². The molecule has 0 saturated carbocycles. The van der Waals surface area contributed by atoms with Gasteiger partial charge in [-0.05, 0) is 48.1 Å². The highest BCUT2D eigenvalue weighted by Crippen LogP contribution is 2.30. The fourth-order valence-electron chi connectivity index (χ4n) is 2.84. The molecule has 0 aliphatic rings. The molecular weight excluding hydrogens is 389 g/mol. The molecule has 4 aromatic rings. The first-order chi connectivity index (χ1) is 12.5. The Morgan fingerprint density at radius 3 is 2.38 bits per heavy atom. The molecule has 0 amide bonds. The molecule has 4 nitrogen and oxygen atoms in total. The molecule has 26 heavy (non-hydrogen) atoms. The predicted molar refractivity (Wildman–Crippen MR) is 108 cm³/mol. The van der Waals surface area contributed by atoms with E-state index in [0.717, 1.165) is 33.8 Å². The van der Waals surface area contributed by atoms with Crippen LogP contribution in [0.5, 0.6) is 5.75 Å². The molecule has 0 saturated heterocycles. The molecule has 0 unspecified atom stereocenters. The number of aromatic amines is 1.